The number of hydrogen-bond acceptors (Lipinski definition) is 4. The molecule has 3 rings (SSSR count). The van der Waals surface area contributed by atoms with Crippen LogP contribution < -0.4 is 4.74 Å². The SMILES string of the molecule is O=C(Oc1cc(Cl)nnc1-c1ccccc1)c1ccccc1. The van der Waals surface area contributed by atoms with E-state index in [2.05, 4.69) is 10.2 Å². The van der Waals surface area contributed by atoms with Crippen molar-refractivity contribution in [3.63, 3.8) is 0 Å². The van der Waals surface area contributed by atoms with Gasteiger partial charge in [-0.05, 0) is 12.1 Å². The maximum atomic E-state index is 12.2. The van der Waals surface area contributed by atoms with Gasteiger partial charge in [0, 0.05) is 11.6 Å². The van der Waals surface area contributed by atoms with Crippen LogP contribution in [0.25, 0.3) is 11.3 Å². The fourth-order valence-electron chi connectivity index (χ4n) is 1.96. The molecule has 3 aromatic rings. The molecule has 0 unspecified atom stereocenters. The van der Waals surface area contributed by atoms with Crippen molar-refractivity contribution in [2.24, 2.45) is 0 Å². The van der Waals surface area contributed by atoms with Gasteiger partial charge in [-0.2, -0.15) is 0 Å². The number of nitrogens with zero attached hydrogens (tertiary/aromatic N) is 2. The maximum Gasteiger partial charge on any atom is 0.343 e. The lowest BCUT2D eigenvalue weighted by Gasteiger charge is -2.09. The van der Waals surface area contributed by atoms with Crippen LogP contribution in [0.15, 0.2) is 66.7 Å². The van der Waals surface area contributed by atoms with Crippen molar-refractivity contribution in [2.75, 3.05) is 0 Å². The molecule has 0 aliphatic rings. The normalized spacial score (nSPS) is 10.2. The molecular weight excluding hydrogens is 300 g/mol. The summed E-state index contributed by atoms with van der Waals surface area (Å²) in [5.41, 5.74) is 1.71. The summed E-state index contributed by atoms with van der Waals surface area (Å²) in [5.74, 6) is -0.193. The first-order valence-corrected chi connectivity index (χ1v) is 6.98. The van der Waals surface area contributed by atoms with Crippen molar-refractivity contribution in [1.29, 1.82) is 0 Å². The fraction of sp³-hybridized carbons (Fsp3) is 0. The van der Waals surface area contributed by atoms with Crippen molar-refractivity contribution in [2.45, 2.75) is 0 Å². The minimum atomic E-state index is -0.471. The van der Waals surface area contributed by atoms with Crippen molar-refractivity contribution in [1.82, 2.24) is 10.2 Å². The first-order valence-electron chi connectivity index (χ1n) is 6.60. The predicted octanol–water partition coefficient (Wildman–Crippen LogP) is 4.02. The Balaban J connectivity index is 1.97. The third kappa shape index (κ3) is 3.13. The molecule has 0 N–H and O–H groups in total. The Labute approximate surface area is 132 Å². The highest BCUT2D eigenvalue weighted by Gasteiger charge is 2.15. The van der Waals surface area contributed by atoms with E-state index in [0.29, 0.717) is 11.3 Å². The lowest BCUT2D eigenvalue weighted by Crippen LogP contribution is -2.09. The molecule has 1 aromatic heterocycles. The zero-order chi connectivity index (χ0) is 15.4. The van der Waals surface area contributed by atoms with Crippen molar-refractivity contribution < 1.29 is 9.53 Å². The van der Waals surface area contributed by atoms with Crippen LogP contribution in [0.2, 0.25) is 5.15 Å². The van der Waals surface area contributed by atoms with Crippen LogP contribution in [0.4, 0.5) is 0 Å². The summed E-state index contributed by atoms with van der Waals surface area (Å²) in [6.45, 7) is 0. The third-order valence-electron chi connectivity index (χ3n) is 2.99. The summed E-state index contributed by atoms with van der Waals surface area (Å²) in [4.78, 5) is 12.2. The van der Waals surface area contributed by atoms with Crippen molar-refractivity contribution in [3.8, 4) is 17.0 Å². The summed E-state index contributed by atoms with van der Waals surface area (Å²) in [6.07, 6.45) is 0. The van der Waals surface area contributed by atoms with Crippen molar-refractivity contribution >= 4 is 17.6 Å². The number of carbonyl (C=O) groups is 1. The molecule has 4 nitrogen and oxygen atoms in total. The molecule has 1 heterocycles. The van der Waals surface area contributed by atoms with E-state index in [1.165, 1.54) is 6.07 Å². The first-order chi connectivity index (χ1) is 10.7. The average Bonchev–Trinajstić information content (AvgIpc) is 2.56. The molecule has 108 valence electrons. The number of carbonyl (C=O) groups excluding carboxylic acids is 1. The highest BCUT2D eigenvalue weighted by molar-refractivity contribution is 6.29. The Morgan fingerprint density at radius 1 is 0.909 bits per heavy atom. The van der Waals surface area contributed by atoms with Gasteiger partial charge in [0.2, 0.25) is 0 Å². The zero-order valence-corrected chi connectivity index (χ0v) is 12.2. The zero-order valence-electron chi connectivity index (χ0n) is 11.4. The Morgan fingerprint density at radius 2 is 1.55 bits per heavy atom. The van der Waals surface area contributed by atoms with Gasteiger partial charge in [-0.15, -0.1) is 10.2 Å². The second-order valence-electron chi connectivity index (χ2n) is 4.50. The van der Waals surface area contributed by atoms with Crippen LogP contribution in [0.3, 0.4) is 0 Å². The molecule has 0 atom stereocenters. The van der Waals surface area contributed by atoms with Gasteiger partial charge >= 0.3 is 5.97 Å². The molecule has 0 saturated carbocycles. The van der Waals surface area contributed by atoms with Gasteiger partial charge in [0.25, 0.3) is 0 Å². The van der Waals surface area contributed by atoms with Gasteiger partial charge in [-0.3, -0.25) is 0 Å². The lowest BCUT2D eigenvalue weighted by molar-refractivity contribution is 0.0735. The van der Waals surface area contributed by atoms with Crippen LogP contribution in [0.5, 0.6) is 5.75 Å². The summed E-state index contributed by atoms with van der Waals surface area (Å²) in [6, 6.07) is 19.6. The highest BCUT2D eigenvalue weighted by atomic mass is 35.5. The molecule has 0 spiro atoms. The van der Waals surface area contributed by atoms with Crippen molar-refractivity contribution in [3.05, 3.63) is 77.4 Å². The maximum absolute atomic E-state index is 12.2. The number of halogens is 1. The average molecular weight is 311 g/mol. The molecule has 0 fully saturated rings. The van der Waals surface area contributed by atoms with E-state index in [1.807, 2.05) is 36.4 Å². The molecule has 0 bridgehead atoms. The van der Waals surface area contributed by atoms with E-state index >= 15 is 0 Å². The Morgan fingerprint density at radius 3 is 2.23 bits per heavy atom. The van der Waals surface area contributed by atoms with Crippen LogP contribution in [0.1, 0.15) is 10.4 Å². The van der Waals surface area contributed by atoms with Crippen LogP contribution in [0, 0.1) is 0 Å². The van der Waals surface area contributed by atoms with Crippen LogP contribution in [-0.4, -0.2) is 16.2 Å². The quantitative estimate of drug-likeness (QED) is 0.686. The summed E-state index contributed by atoms with van der Waals surface area (Å²) < 4.78 is 5.44. The topological polar surface area (TPSA) is 52.1 Å². The Hall–Kier alpha value is -2.72. The van der Waals surface area contributed by atoms with E-state index in [-0.39, 0.29) is 10.9 Å². The summed E-state index contributed by atoms with van der Waals surface area (Å²) in [7, 11) is 0. The minimum absolute atomic E-state index is 0.163. The molecule has 0 aliphatic carbocycles. The predicted molar refractivity (Wildman–Crippen MR) is 83.9 cm³/mol. The summed E-state index contributed by atoms with van der Waals surface area (Å²) in [5, 5.41) is 8.02. The number of benzene rings is 2. The number of ether oxygens (including phenoxy) is 1. The number of hydrogen-bond donors (Lipinski definition) is 0. The molecular formula is C17H11ClN2O2. The molecule has 22 heavy (non-hydrogen) atoms. The van der Waals surface area contributed by atoms with Crippen LogP contribution in [-0.2, 0) is 0 Å². The number of rotatable bonds is 3. The Bertz CT molecular complexity index is 792. The molecule has 5 heteroatoms. The van der Waals surface area contributed by atoms with E-state index in [9.17, 15) is 4.79 Å². The second kappa shape index (κ2) is 6.37. The largest absolute Gasteiger partial charge is 0.420 e. The minimum Gasteiger partial charge on any atom is -0.420 e. The van der Waals surface area contributed by atoms with E-state index < -0.39 is 5.97 Å². The third-order valence-corrected chi connectivity index (χ3v) is 3.17. The van der Waals surface area contributed by atoms with Gasteiger partial charge < -0.3 is 4.74 Å². The number of esters is 1. The lowest BCUT2D eigenvalue weighted by atomic mass is 10.1. The smallest absolute Gasteiger partial charge is 0.343 e. The van der Waals surface area contributed by atoms with Crippen LogP contribution >= 0.6 is 11.6 Å². The fourth-order valence-corrected chi connectivity index (χ4v) is 2.10. The van der Waals surface area contributed by atoms with Gasteiger partial charge in [0.05, 0.1) is 5.56 Å². The van der Waals surface area contributed by atoms with E-state index in [1.54, 1.807) is 24.3 Å². The number of aromatic nitrogens is 2. The standard InChI is InChI=1S/C17H11ClN2O2/c18-15-11-14(22-17(21)13-9-5-2-6-10-13)16(20-19-15)12-7-3-1-4-8-12/h1-11H. The molecule has 0 aliphatic heterocycles. The van der Waals surface area contributed by atoms with Gasteiger partial charge in [-0.25, -0.2) is 4.79 Å². The molecule has 0 amide bonds. The molecule has 0 saturated heterocycles. The van der Waals surface area contributed by atoms with E-state index in [0.717, 1.165) is 5.56 Å². The second-order valence-corrected chi connectivity index (χ2v) is 4.89. The Kier molecular flexibility index (Phi) is 4.12. The molecule has 0 radical (unpaired) electrons. The monoisotopic (exact) mass is 310 g/mol. The first kappa shape index (κ1) is 14.2. The highest BCUT2D eigenvalue weighted by Crippen LogP contribution is 2.29. The van der Waals surface area contributed by atoms with Gasteiger partial charge in [-0.1, -0.05) is 60.1 Å². The van der Waals surface area contributed by atoms with E-state index in [4.69, 9.17) is 16.3 Å². The summed E-state index contributed by atoms with van der Waals surface area (Å²) >= 11 is 5.87. The van der Waals surface area contributed by atoms with Gasteiger partial charge in [0.15, 0.2) is 10.9 Å². The van der Waals surface area contributed by atoms with Gasteiger partial charge in [0.1, 0.15) is 5.69 Å². The molecule has 2 aromatic carbocycles.